The van der Waals surface area contributed by atoms with Crippen molar-refractivity contribution in [2.45, 2.75) is 19.3 Å². The van der Waals surface area contributed by atoms with Crippen molar-refractivity contribution in [3.05, 3.63) is 35.5 Å². The molecule has 1 amide bonds. The van der Waals surface area contributed by atoms with E-state index in [1.807, 2.05) is 18.2 Å². The lowest BCUT2D eigenvalue weighted by Crippen LogP contribution is -2.11. The zero-order chi connectivity index (χ0) is 13.7. The number of pyridine rings is 1. The van der Waals surface area contributed by atoms with Crippen LogP contribution in [0.3, 0.4) is 0 Å². The van der Waals surface area contributed by atoms with Crippen LogP contribution in [0.2, 0.25) is 5.02 Å². The molecule has 2 aromatic rings. The average Bonchev–Trinajstić information content (AvgIpc) is 2.39. The van der Waals surface area contributed by atoms with Crippen LogP contribution in [0.15, 0.2) is 30.5 Å². The van der Waals surface area contributed by atoms with E-state index in [2.05, 4.69) is 26.2 Å². The Morgan fingerprint density at radius 2 is 2.21 bits per heavy atom. The van der Waals surface area contributed by atoms with Gasteiger partial charge < -0.3 is 5.32 Å². The number of nitrogens with one attached hydrogen (secondary N) is 1. The van der Waals surface area contributed by atoms with Gasteiger partial charge in [0.25, 0.3) is 0 Å². The van der Waals surface area contributed by atoms with Crippen LogP contribution < -0.4 is 5.32 Å². The van der Waals surface area contributed by atoms with Gasteiger partial charge in [-0.1, -0.05) is 33.6 Å². The highest BCUT2D eigenvalue weighted by Crippen LogP contribution is 2.26. The van der Waals surface area contributed by atoms with Crippen LogP contribution in [0.5, 0.6) is 0 Å². The molecule has 0 saturated heterocycles. The minimum Gasteiger partial charge on any atom is -0.324 e. The second-order valence-electron chi connectivity index (χ2n) is 4.22. The number of hydrogen-bond acceptors (Lipinski definition) is 2. The molecule has 0 atom stereocenters. The number of aromatic nitrogens is 1. The first kappa shape index (κ1) is 14.3. The summed E-state index contributed by atoms with van der Waals surface area (Å²) in [5.41, 5.74) is 1.44. The number of alkyl halides is 1. The van der Waals surface area contributed by atoms with Crippen molar-refractivity contribution in [3.63, 3.8) is 0 Å². The molecule has 3 nitrogen and oxygen atoms in total. The number of nitrogens with zero attached hydrogens (tertiary/aromatic N) is 1. The van der Waals surface area contributed by atoms with Crippen LogP contribution in [-0.4, -0.2) is 16.2 Å². The fourth-order valence-electron chi connectivity index (χ4n) is 1.84. The minimum absolute atomic E-state index is 0.00447. The molecule has 2 rings (SSSR count). The molecule has 1 heterocycles. The summed E-state index contributed by atoms with van der Waals surface area (Å²) in [6.07, 6.45) is 4.06. The third-order valence-corrected chi connectivity index (χ3v) is 3.51. The molecule has 0 spiro atoms. The Labute approximate surface area is 125 Å². The fourth-order valence-corrected chi connectivity index (χ4v) is 2.47. The van der Waals surface area contributed by atoms with Gasteiger partial charge in [0.1, 0.15) is 0 Å². The van der Waals surface area contributed by atoms with Crippen LogP contribution in [0, 0.1) is 0 Å². The van der Waals surface area contributed by atoms with Crippen molar-refractivity contribution < 1.29 is 4.79 Å². The average molecular weight is 342 g/mol. The van der Waals surface area contributed by atoms with Gasteiger partial charge in [-0.2, -0.15) is 0 Å². The van der Waals surface area contributed by atoms with Gasteiger partial charge in [-0.25, -0.2) is 0 Å². The van der Waals surface area contributed by atoms with Gasteiger partial charge in [-0.3, -0.25) is 9.78 Å². The molecule has 0 aliphatic heterocycles. The van der Waals surface area contributed by atoms with Crippen LogP contribution >= 0.6 is 27.5 Å². The predicted octanol–water partition coefficient (Wildman–Crippen LogP) is 4.39. The smallest absolute Gasteiger partial charge is 0.224 e. The maximum atomic E-state index is 11.8. The second kappa shape index (κ2) is 6.87. The van der Waals surface area contributed by atoms with Crippen LogP contribution in [0.1, 0.15) is 19.3 Å². The number of amides is 1. The number of anilines is 1. The SMILES string of the molecule is O=C(CCCCBr)Nc1cc(Cl)cc2cccnc12. The summed E-state index contributed by atoms with van der Waals surface area (Å²) in [6.45, 7) is 0. The normalized spacial score (nSPS) is 10.6. The van der Waals surface area contributed by atoms with Gasteiger partial charge >= 0.3 is 0 Å². The van der Waals surface area contributed by atoms with Gasteiger partial charge in [-0.05, 0) is 31.0 Å². The number of carbonyl (C=O) groups is 1. The molecule has 1 aromatic carbocycles. The van der Waals surface area contributed by atoms with Crippen molar-refractivity contribution in [3.8, 4) is 0 Å². The molecule has 0 saturated carbocycles. The summed E-state index contributed by atoms with van der Waals surface area (Å²) in [5, 5.41) is 5.32. The molecule has 1 N–H and O–H groups in total. The first-order chi connectivity index (χ1) is 9.20. The number of fused-ring (bicyclic) bond motifs is 1. The molecule has 1 aromatic heterocycles. The third kappa shape index (κ3) is 3.91. The highest BCUT2D eigenvalue weighted by atomic mass is 79.9. The van der Waals surface area contributed by atoms with Gasteiger partial charge in [0, 0.05) is 28.4 Å². The lowest BCUT2D eigenvalue weighted by molar-refractivity contribution is -0.116. The van der Waals surface area contributed by atoms with Gasteiger partial charge in [0.2, 0.25) is 5.91 Å². The molecule has 100 valence electrons. The first-order valence-electron chi connectivity index (χ1n) is 6.11. The topological polar surface area (TPSA) is 42.0 Å². The quantitative estimate of drug-likeness (QED) is 0.647. The fraction of sp³-hybridized carbons (Fsp3) is 0.286. The Bertz CT molecular complexity index is 589. The Hall–Kier alpha value is -1.13. The number of benzene rings is 1. The molecule has 0 radical (unpaired) electrons. The maximum absolute atomic E-state index is 11.8. The first-order valence-corrected chi connectivity index (χ1v) is 7.61. The van der Waals surface area contributed by atoms with E-state index in [4.69, 9.17) is 11.6 Å². The molecule has 5 heteroatoms. The standard InChI is InChI=1S/C14H14BrClN2O/c15-6-2-1-5-13(19)18-12-9-11(16)8-10-4-3-7-17-14(10)12/h3-4,7-9H,1-2,5-6H2,(H,18,19). The third-order valence-electron chi connectivity index (χ3n) is 2.73. The van der Waals surface area contributed by atoms with Crippen molar-refractivity contribution in [2.24, 2.45) is 0 Å². The van der Waals surface area contributed by atoms with Gasteiger partial charge in [0.05, 0.1) is 11.2 Å². The van der Waals surface area contributed by atoms with Gasteiger partial charge in [-0.15, -0.1) is 0 Å². The van der Waals surface area contributed by atoms with E-state index in [9.17, 15) is 4.79 Å². The molecule has 0 aliphatic rings. The summed E-state index contributed by atoms with van der Waals surface area (Å²) in [5.74, 6) is -0.00447. The molecule has 0 unspecified atom stereocenters. The molecule has 19 heavy (non-hydrogen) atoms. The predicted molar refractivity (Wildman–Crippen MR) is 83.0 cm³/mol. The zero-order valence-corrected chi connectivity index (χ0v) is 12.7. The molecule has 0 bridgehead atoms. The van der Waals surface area contributed by atoms with E-state index in [-0.39, 0.29) is 5.91 Å². The zero-order valence-electron chi connectivity index (χ0n) is 10.3. The number of rotatable bonds is 5. The van der Waals surface area contributed by atoms with Crippen molar-refractivity contribution >= 4 is 50.0 Å². The highest BCUT2D eigenvalue weighted by Gasteiger charge is 2.08. The Morgan fingerprint density at radius 1 is 1.37 bits per heavy atom. The van der Waals surface area contributed by atoms with Crippen molar-refractivity contribution in [2.75, 3.05) is 10.6 Å². The monoisotopic (exact) mass is 340 g/mol. The second-order valence-corrected chi connectivity index (χ2v) is 5.45. The number of carbonyl (C=O) groups excluding carboxylic acids is 1. The number of hydrogen-bond donors (Lipinski definition) is 1. The summed E-state index contributed by atoms with van der Waals surface area (Å²) < 4.78 is 0. The van der Waals surface area contributed by atoms with E-state index in [0.717, 1.165) is 29.1 Å². The van der Waals surface area contributed by atoms with E-state index < -0.39 is 0 Å². The van der Waals surface area contributed by atoms with E-state index in [1.54, 1.807) is 12.3 Å². The molecule has 0 aliphatic carbocycles. The van der Waals surface area contributed by atoms with Crippen molar-refractivity contribution in [1.29, 1.82) is 0 Å². The molecular weight excluding hydrogens is 328 g/mol. The molecule has 0 fully saturated rings. The largest absolute Gasteiger partial charge is 0.324 e. The summed E-state index contributed by atoms with van der Waals surface area (Å²) in [7, 11) is 0. The minimum atomic E-state index is -0.00447. The van der Waals surface area contributed by atoms with E-state index in [0.29, 0.717) is 17.1 Å². The summed E-state index contributed by atoms with van der Waals surface area (Å²) in [4.78, 5) is 16.1. The Morgan fingerprint density at radius 3 is 3.00 bits per heavy atom. The highest BCUT2D eigenvalue weighted by molar-refractivity contribution is 9.09. The van der Waals surface area contributed by atoms with Crippen molar-refractivity contribution in [1.82, 2.24) is 4.98 Å². The Balaban J connectivity index is 2.18. The van der Waals surface area contributed by atoms with E-state index in [1.165, 1.54) is 0 Å². The summed E-state index contributed by atoms with van der Waals surface area (Å²) in [6, 6.07) is 7.35. The van der Waals surface area contributed by atoms with Crippen LogP contribution in [0.4, 0.5) is 5.69 Å². The lowest BCUT2D eigenvalue weighted by atomic mass is 10.2. The molecular formula is C14H14BrClN2O. The Kier molecular flexibility index (Phi) is 5.16. The summed E-state index contributed by atoms with van der Waals surface area (Å²) >= 11 is 9.40. The van der Waals surface area contributed by atoms with Crippen LogP contribution in [0.25, 0.3) is 10.9 Å². The number of halogens is 2. The maximum Gasteiger partial charge on any atom is 0.224 e. The van der Waals surface area contributed by atoms with Crippen LogP contribution in [-0.2, 0) is 4.79 Å². The van der Waals surface area contributed by atoms with E-state index >= 15 is 0 Å². The lowest BCUT2D eigenvalue weighted by Gasteiger charge is -2.08. The van der Waals surface area contributed by atoms with Gasteiger partial charge in [0.15, 0.2) is 0 Å². The number of unbranched alkanes of at least 4 members (excludes halogenated alkanes) is 1.